The molecule has 0 aromatic carbocycles. The van der Waals surface area contributed by atoms with Crippen molar-refractivity contribution in [1.29, 1.82) is 0 Å². The van der Waals surface area contributed by atoms with Gasteiger partial charge in [0.2, 0.25) is 0 Å². The van der Waals surface area contributed by atoms with E-state index in [1.54, 1.807) is 0 Å². The topological polar surface area (TPSA) is 26.0 Å². The molecule has 1 nitrogen and oxygen atoms in total. The first-order chi connectivity index (χ1) is 9.11. The lowest BCUT2D eigenvalue weighted by Gasteiger charge is -2.28. The van der Waals surface area contributed by atoms with Gasteiger partial charge in [-0.2, -0.15) is 11.8 Å². The van der Waals surface area contributed by atoms with E-state index >= 15 is 0 Å². The van der Waals surface area contributed by atoms with Crippen LogP contribution in [0, 0.1) is 5.92 Å². The van der Waals surface area contributed by atoms with Crippen LogP contribution in [0.15, 0.2) is 0 Å². The van der Waals surface area contributed by atoms with Gasteiger partial charge < -0.3 is 5.73 Å². The smallest absolute Gasteiger partial charge is 0.0201 e. The molecule has 0 bridgehead atoms. The maximum atomic E-state index is 6.49. The third kappa shape index (κ3) is 7.60. The second-order valence-electron chi connectivity index (χ2n) is 6.69. The molecule has 0 aromatic heterocycles. The van der Waals surface area contributed by atoms with Crippen LogP contribution in [-0.2, 0) is 0 Å². The molecule has 19 heavy (non-hydrogen) atoms. The molecule has 0 aromatic rings. The lowest BCUT2D eigenvalue weighted by atomic mass is 9.98. The van der Waals surface area contributed by atoms with Crippen molar-refractivity contribution in [2.75, 3.05) is 0 Å². The average molecular weight is 286 g/mol. The molecule has 0 amide bonds. The third-order valence-corrected chi connectivity index (χ3v) is 6.49. The Kier molecular flexibility index (Phi) is 9.23. The highest BCUT2D eigenvalue weighted by atomic mass is 32.2. The number of hydrogen-bond acceptors (Lipinski definition) is 2. The van der Waals surface area contributed by atoms with Gasteiger partial charge in [-0.15, -0.1) is 0 Å². The van der Waals surface area contributed by atoms with Crippen molar-refractivity contribution in [2.24, 2.45) is 11.7 Å². The first-order valence-corrected chi connectivity index (χ1v) is 9.46. The molecular formula is C17H35NS. The summed E-state index contributed by atoms with van der Waals surface area (Å²) in [4.78, 5) is 0. The van der Waals surface area contributed by atoms with Gasteiger partial charge >= 0.3 is 0 Å². The van der Waals surface area contributed by atoms with Gasteiger partial charge in [-0.05, 0) is 18.8 Å². The van der Waals surface area contributed by atoms with Crippen LogP contribution in [0.4, 0.5) is 0 Å². The van der Waals surface area contributed by atoms with Crippen molar-refractivity contribution in [3.8, 4) is 0 Å². The molecule has 0 saturated heterocycles. The molecule has 3 unspecified atom stereocenters. The Morgan fingerprint density at radius 3 is 1.79 bits per heavy atom. The molecular weight excluding hydrogens is 250 g/mol. The highest BCUT2D eigenvalue weighted by Crippen LogP contribution is 2.30. The van der Waals surface area contributed by atoms with Crippen LogP contribution in [-0.4, -0.2) is 16.5 Å². The quantitative estimate of drug-likeness (QED) is 0.754. The maximum absolute atomic E-state index is 6.49. The van der Waals surface area contributed by atoms with E-state index in [9.17, 15) is 0 Å². The van der Waals surface area contributed by atoms with Gasteiger partial charge in [0.1, 0.15) is 0 Å². The van der Waals surface area contributed by atoms with Crippen molar-refractivity contribution in [1.82, 2.24) is 0 Å². The predicted molar refractivity (Wildman–Crippen MR) is 89.8 cm³/mol. The minimum Gasteiger partial charge on any atom is -0.327 e. The zero-order valence-electron chi connectivity index (χ0n) is 13.4. The summed E-state index contributed by atoms with van der Waals surface area (Å²) in [5, 5.41) is 1.43. The van der Waals surface area contributed by atoms with Crippen LogP contribution >= 0.6 is 11.8 Å². The Labute approximate surface area is 125 Å². The summed E-state index contributed by atoms with van der Waals surface area (Å²) in [6.07, 6.45) is 13.9. The fourth-order valence-electron chi connectivity index (χ4n) is 2.79. The summed E-state index contributed by atoms with van der Waals surface area (Å²) in [5.74, 6) is 0.763. The zero-order valence-corrected chi connectivity index (χ0v) is 14.2. The standard InChI is InChI=1S/C17H35NS/c1-14(2)15(3)19-17-13-11-9-7-5-4-6-8-10-12-16(17)18/h14-17H,4-13,18H2,1-3H3. The Morgan fingerprint density at radius 1 is 0.789 bits per heavy atom. The number of hydrogen-bond donors (Lipinski definition) is 1. The zero-order chi connectivity index (χ0) is 14.1. The van der Waals surface area contributed by atoms with E-state index < -0.39 is 0 Å². The minimum atomic E-state index is 0.422. The summed E-state index contributed by atoms with van der Waals surface area (Å²) in [5.41, 5.74) is 6.49. The van der Waals surface area contributed by atoms with Gasteiger partial charge in [-0.25, -0.2) is 0 Å². The molecule has 0 spiro atoms. The number of rotatable bonds is 3. The summed E-state index contributed by atoms with van der Waals surface area (Å²) in [7, 11) is 0. The Balaban J connectivity index is 2.46. The highest BCUT2D eigenvalue weighted by molar-refractivity contribution is 8.00. The summed E-state index contributed by atoms with van der Waals surface area (Å²) >= 11 is 2.16. The predicted octanol–water partition coefficient (Wildman–Crippen LogP) is 5.37. The van der Waals surface area contributed by atoms with E-state index in [1.807, 2.05) is 0 Å². The van der Waals surface area contributed by atoms with Crippen LogP contribution in [0.2, 0.25) is 0 Å². The van der Waals surface area contributed by atoms with Crippen LogP contribution in [0.3, 0.4) is 0 Å². The molecule has 2 heteroatoms. The summed E-state index contributed by atoms with van der Waals surface area (Å²) < 4.78 is 0. The van der Waals surface area contributed by atoms with Gasteiger partial charge in [0, 0.05) is 16.5 Å². The van der Waals surface area contributed by atoms with E-state index in [1.165, 1.54) is 64.2 Å². The molecule has 1 fully saturated rings. The van der Waals surface area contributed by atoms with Crippen molar-refractivity contribution in [2.45, 2.75) is 102 Å². The minimum absolute atomic E-state index is 0.422. The van der Waals surface area contributed by atoms with Gasteiger partial charge in [0.15, 0.2) is 0 Å². The van der Waals surface area contributed by atoms with Crippen LogP contribution in [0.25, 0.3) is 0 Å². The third-order valence-electron chi connectivity index (χ3n) is 4.58. The first-order valence-electron chi connectivity index (χ1n) is 8.52. The number of thioether (sulfide) groups is 1. The first kappa shape index (κ1) is 17.4. The molecule has 1 aliphatic rings. The number of nitrogens with two attached hydrogens (primary N) is 1. The van der Waals surface area contributed by atoms with Crippen LogP contribution < -0.4 is 5.73 Å². The lowest BCUT2D eigenvalue weighted by Crippen LogP contribution is -2.34. The molecule has 114 valence electrons. The molecule has 0 aliphatic heterocycles. The molecule has 1 aliphatic carbocycles. The fraction of sp³-hybridized carbons (Fsp3) is 1.00. The molecule has 1 saturated carbocycles. The van der Waals surface area contributed by atoms with Gasteiger partial charge in [-0.1, -0.05) is 72.1 Å². The monoisotopic (exact) mass is 285 g/mol. The van der Waals surface area contributed by atoms with Crippen LogP contribution in [0.1, 0.15) is 85.0 Å². The molecule has 3 atom stereocenters. The average Bonchev–Trinajstić information content (AvgIpc) is 2.37. The van der Waals surface area contributed by atoms with Crippen LogP contribution in [0.5, 0.6) is 0 Å². The van der Waals surface area contributed by atoms with E-state index in [-0.39, 0.29) is 0 Å². The second-order valence-corrected chi connectivity index (χ2v) is 8.31. The normalized spacial score (nSPS) is 29.5. The molecule has 1 rings (SSSR count). The fourth-order valence-corrected chi connectivity index (χ4v) is 4.29. The Morgan fingerprint density at radius 2 is 1.26 bits per heavy atom. The summed E-state index contributed by atoms with van der Waals surface area (Å²) in [6, 6.07) is 0.422. The van der Waals surface area contributed by atoms with Gasteiger partial charge in [0.05, 0.1) is 0 Å². The summed E-state index contributed by atoms with van der Waals surface area (Å²) in [6.45, 7) is 7.04. The largest absolute Gasteiger partial charge is 0.327 e. The maximum Gasteiger partial charge on any atom is 0.0201 e. The van der Waals surface area contributed by atoms with Crippen molar-refractivity contribution >= 4 is 11.8 Å². The Bertz CT molecular complexity index is 217. The van der Waals surface area contributed by atoms with E-state index in [4.69, 9.17) is 5.73 Å². The van der Waals surface area contributed by atoms with E-state index in [2.05, 4.69) is 32.5 Å². The molecule has 0 radical (unpaired) electrons. The Hall–Kier alpha value is 0.310. The van der Waals surface area contributed by atoms with E-state index in [0.29, 0.717) is 11.3 Å². The lowest BCUT2D eigenvalue weighted by molar-refractivity contribution is 0.471. The molecule has 2 N–H and O–H groups in total. The molecule has 0 heterocycles. The van der Waals surface area contributed by atoms with Crippen molar-refractivity contribution in [3.63, 3.8) is 0 Å². The van der Waals surface area contributed by atoms with E-state index in [0.717, 1.165) is 11.2 Å². The van der Waals surface area contributed by atoms with Gasteiger partial charge in [-0.3, -0.25) is 0 Å². The van der Waals surface area contributed by atoms with Gasteiger partial charge in [0.25, 0.3) is 0 Å². The SMILES string of the molecule is CC(C)C(C)SC1CCCCCCCCCCC1N. The van der Waals surface area contributed by atoms with Crippen molar-refractivity contribution in [3.05, 3.63) is 0 Å². The highest BCUT2D eigenvalue weighted by Gasteiger charge is 2.22. The second kappa shape index (κ2) is 10.1. The van der Waals surface area contributed by atoms with Crippen molar-refractivity contribution < 1.29 is 0 Å².